The van der Waals surface area contributed by atoms with E-state index in [4.69, 9.17) is 11.6 Å². The van der Waals surface area contributed by atoms with Crippen molar-refractivity contribution in [2.45, 2.75) is 24.8 Å². The Morgan fingerprint density at radius 1 is 1.09 bits per heavy atom. The summed E-state index contributed by atoms with van der Waals surface area (Å²) in [6.45, 7) is 0.908. The second-order valence-electron chi connectivity index (χ2n) is 5.98. The van der Waals surface area contributed by atoms with Crippen molar-refractivity contribution in [1.29, 1.82) is 0 Å². The zero-order valence-corrected chi connectivity index (χ0v) is 13.0. The lowest BCUT2D eigenvalue weighted by atomic mass is 9.75. The Balaban J connectivity index is 1.87. The molecule has 1 aromatic heterocycles. The summed E-state index contributed by atoms with van der Waals surface area (Å²) in [5.74, 6) is 0. The third kappa shape index (κ3) is 2.15. The molecule has 0 spiro atoms. The molecule has 2 nitrogen and oxygen atoms in total. The van der Waals surface area contributed by atoms with Gasteiger partial charge in [-0.1, -0.05) is 48.0 Å². The lowest BCUT2D eigenvalue weighted by Crippen LogP contribution is -2.30. The fourth-order valence-electron chi connectivity index (χ4n) is 3.70. The van der Waals surface area contributed by atoms with E-state index in [1.165, 1.54) is 16.7 Å². The number of hydrogen-bond acceptors (Lipinski definition) is 1. The van der Waals surface area contributed by atoms with Gasteiger partial charge in [0.15, 0.2) is 0 Å². The molecule has 0 radical (unpaired) electrons. The minimum atomic E-state index is 0.00187. The fourth-order valence-corrected chi connectivity index (χ4v) is 3.83. The second kappa shape index (κ2) is 5.29. The minimum Gasteiger partial charge on any atom is -0.336 e. The molecule has 110 valence electrons. The zero-order valence-electron chi connectivity index (χ0n) is 12.2. The number of halogens is 1. The molecule has 3 aromatic rings. The second-order valence-corrected chi connectivity index (χ2v) is 6.42. The molecular weight excluding hydrogens is 292 g/mol. The van der Waals surface area contributed by atoms with E-state index in [0.717, 1.165) is 24.4 Å². The van der Waals surface area contributed by atoms with E-state index in [9.17, 15) is 0 Å². The zero-order chi connectivity index (χ0) is 15.0. The van der Waals surface area contributed by atoms with Crippen LogP contribution in [0.15, 0.2) is 67.3 Å². The van der Waals surface area contributed by atoms with Crippen LogP contribution < -0.4 is 0 Å². The number of benzene rings is 2. The maximum Gasteiger partial charge on any atom is 0.0946 e. The Morgan fingerprint density at radius 3 is 2.68 bits per heavy atom. The van der Waals surface area contributed by atoms with Gasteiger partial charge in [-0.3, -0.25) is 0 Å². The molecule has 0 saturated heterocycles. The van der Waals surface area contributed by atoms with E-state index in [1.54, 1.807) is 0 Å². The molecule has 1 atom stereocenters. The van der Waals surface area contributed by atoms with Crippen LogP contribution in [0.25, 0.3) is 0 Å². The Hall–Kier alpha value is -2.06. The van der Waals surface area contributed by atoms with Crippen LogP contribution in [0.5, 0.6) is 0 Å². The summed E-state index contributed by atoms with van der Waals surface area (Å²) in [5, 5.41) is 0.785. The fraction of sp³-hybridized carbons (Fsp3) is 0.211. The van der Waals surface area contributed by atoms with Crippen LogP contribution in [0.1, 0.15) is 23.1 Å². The SMILES string of the molecule is Clc1ccc(C2(Cn3ccnc3)CCc3ccccc32)cc1. The van der Waals surface area contributed by atoms with Gasteiger partial charge in [0.2, 0.25) is 0 Å². The highest BCUT2D eigenvalue weighted by molar-refractivity contribution is 6.30. The molecular formula is C19H17ClN2. The Bertz CT molecular complexity index is 777. The topological polar surface area (TPSA) is 17.8 Å². The van der Waals surface area contributed by atoms with Crippen molar-refractivity contribution in [2.75, 3.05) is 0 Å². The van der Waals surface area contributed by atoms with Crippen molar-refractivity contribution in [3.63, 3.8) is 0 Å². The predicted octanol–water partition coefficient (Wildman–Crippen LogP) is 4.47. The van der Waals surface area contributed by atoms with Crippen molar-refractivity contribution in [3.8, 4) is 0 Å². The van der Waals surface area contributed by atoms with Crippen LogP contribution in [-0.2, 0) is 18.4 Å². The molecule has 22 heavy (non-hydrogen) atoms. The van der Waals surface area contributed by atoms with Gasteiger partial charge in [0.25, 0.3) is 0 Å². The van der Waals surface area contributed by atoms with Gasteiger partial charge in [0.1, 0.15) is 0 Å². The molecule has 0 aliphatic heterocycles. The standard InChI is InChI=1S/C19H17ClN2/c20-17-7-5-16(6-8-17)19(13-22-12-11-21-14-22)10-9-15-3-1-2-4-18(15)19/h1-8,11-12,14H,9-10,13H2. The number of aryl methyl sites for hydroxylation is 1. The van der Waals surface area contributed by atoms with Gasteiger partial charge in [-0.2, -0.15) is 0 Å². The third-order valence-corrected chi connectivity index (χ3v) is 5.01. The summed E-state index contributed by atoms with van der Waals surface area (Å²) in [7, 11) is 0. The largest absolute Gasteiger partial charge is 0.336 e. The van der Waals surface area contributed by atoms with E-state index in [-0.39, 0.29) is 5.41 Å². The van der Waals surface area contributed by atoms with Crippen molar-refractivity contribution in [3.05, 3.63) is 89.0 Å². The quantitative estimate of drug-likeness (QED) is 0.698. The highest BCUT2D eigenvalue weighted by Gasteiger charge is 2.40. The lowest BCUT2D eigenvalue weighted by Gasteiger charge is -2.32. The summed E-state index contributed by atoms with van der Waals surface area (Å²) >= 11 is 6.09. The van der Waals surface area contributed by atoms with Crippen molar-refractivity contribution >= 4 is 11.6 Å². The molecule has 0 amide bonds. The van der Waals surface area contributed by atoms with Gasteiger partial charge in [0, 0.05) is 29.4 Å². The first-order valence-corrected chi connectivity index (χ1v) is 7.96. The van der Waals surface area contributed by atoms with E-state index in [2.05, 4.69) is 45.9 Å². The van der Waals surface area contributed by atoms with Crippen molar-refractivity contribution < 1.29 is 0 Å². The first kappa shape index (κ1) is 13.6. The van der Waals surface area contributed by atoms with Crippen LogP contribution >= 0.6 is 11.6 Å². The summed E-state index contributed by atoms with van der Waals surface area (Å²) < 4.78 is 2.18. The molecule has 3 heteroatoms. The maximum atomic E-state index is 6.09. The number of nitrogens with zero attached hydrogens (tertiary/aromatic N) is 2. The first-order valence-electron chi connectivity index (χ1n) is 7.58. The molecule has 0 N–H and O–H groups in total. The third-order valence-electron chi connectivity index (χ3n) is 4.76. The van der Waals surface area contributed by atoms with Crippen LogP contribution in [0.4, 0.5) is 0 Å². The van der Waals surface area contributed by atoms with Crippen LogP contribution in [-0.4, -0.2) is 9.55 Å². The number of imidazole rings is 1. The minimum absolute atomic E-state index is 0.00187. The predicted molar refractivity (Wildman–Crippen MR) is 89.2 cm³/mol. The summed E-state index contributed by atoms with van der Waals surface area (Å²) in [4.78, 5) is 4.20. The van der Waals surface area contributed by atoms with E-state index in [1.807, 2.05) is 30.9 Å². The average Bonchev–Trinajstić information content (AvgIpc) is 3.18. The van der Waals surface area contributed by atoms with E-state index < -0.39 is 0 Å². The number of aromatic nitrogens is 2. The van der Waals surface area contributed by atoms with Crippen molar-refractivity contribution in [1.82, 2.24) is 9.55 Å². The first-order chi connectivity index (χ1) is 10.8. The Labute approximate surface area is 135 Å². The highest BCUT2D eigenvalue weighted by atomic mass is 35.5. The molecule has 1 aliphatic carbocycles. The monoisotopic (exact) mass is 308 g/mol. The molecule has 4 rings (SSSR count). The summed E-state index contributed by atoms with van der Waals surface area (Å²) in [5.41, 5.74) is 4.22. The molecule has 2 aromatic carbocycles. The normalized spacial score (nSPS) is 20.0. The molecule has 1 heterocycles. The lowest BCUT2D eigenvalue weighted by molar-refractivity contribution is 0.428. The smallest absolute Gasteiger partial charge is 0.0946 e. The summed E-state index contributed by atoms with van der Waals surface area (Å²) in [6, 6.07) is 17.1. The molecule has 1 unspecified atom stereocenters. The van der Waals surface area contributed by atoms with Gasteiger partial charge in [-0.05, 0) is 41.7 Å². The Morgan fingerprint density at radius 2 is 1.91 bits per heavy atom. The summed E-state index contributed by atoms with van der Waals surface area (Å²) in [6.07, 6.45) is 8.02. The number of hydrogen-bond donors (Lipinski definition) is 0. The van der Waals surface area contributed by atoms with Gasteiger partial charge in [-0.25, -0.2) is 4.98 Å². The maximum absolute atomic E-state index is 6.09. The molecule has 1 aliphatic rings. The van der Waals surface area contributed by atoms with Crippen molar-refractivity contribution in [2.24, 2.45) is 0 Å². The van der Waals surface area contributed by atoms with Crippen LogP contribution in [0, 0.1) is 0 Å². The molecule has 0 fully saturated rings. The van der Waals surface area contributed by atoms with Gasteiger partial charge in [-0.15, -0.1) is 0 Å². The molecule has 0 bridgehead atoms. The Kier molecular flexibility index (Phi) is 3.27. The average molecular weight is 309 g/mol. The van der Waals surface area contributed by atoms with Crippen LogP contribution in [0.3, 0.4) is 0 Å². The van der Waals surface area contributed by atoms with Gasteiger partial charge >= 0.3 is 0 Å². The van der Waals surface area contributed by atoms with Crippen LogP contribution in [0.2, 0.25) is 5.02 Å². The molecule has 0 saturated carbocycles. The number of fused-ring (bicyclic) bond motifs is 1. The van der Waals surface area contributed by atoms with Gasteiger partial charge < -0.3 is 4.57 Å². The highest BCUT2D eigenvalue weighted by Crippen LogP contribution is 2.45. The van der Waals surface area contributed by atoms with Gasteiger partial charge in [0.05, 0.1) is 6.33 Å². The van der Waals surface area contributed by atoms with E-state index >= 15 is 0 Å². The van der Waals surface area contributed by atoms with E-state index in [0.29, 0.717) is 0 Å². The number of rotatable bonds is 3.